The Labute approximate surface area is 139 Å². The first-order valence-electron chi connectivity index (χ1n) is 9.42. The molecule has 0 radical (unpaired) electrons. The molecular formula is C19H41NO2. The van der Waals surface area contributed by atoms with Crippen molar-refractivity contribution >= 4 is 0 Å². The number of hydrogen-bond donors (Lipinski definition) is 0. The molecule has 1 saturated heterocycles. The van der Waals surface area contributed by atoms with Crippen LogP contribution in [0, 0.1) is 11.8 Å². The van der Waals surface area contributed by atoms with Gasteiger partial charge in [0.2, 0.25) is 0 Å². The maximum absolute atomic E-state index is 5.63. The number of hydrogen-bond acceptors (Lipinski definition) is 3. The van der Waals surface area contributed by atoms with Crippen LogP contribution in [-0.4, -0.2) is 51.5 Å². The third-order valence-electron chi connectivity index (χ3n) is 4.76. The van der Waals surface area contributed by atoms with E-state index in [1.807, 2.05) is 13.8 Å². The van der Waals surface area contributed by atoms with Gasteiger partial charge in [-0.2, -0.15) is 0 Å². The Hall–Kier alpha value is -0.120. The first kappa shape index (κ1) is 21.9. The molecule has 3 atom stereocenters. The summed E-state index contributed by atoms with van der Waals surface area (Å²) in [5, 5.41) is 0. The minimum atomic E-state index is 0.430. The van der Waals surface area contributed by atoms with Crippen LogP contribution in [0.25, 0.3) is 0 Å². The maximum Gasteiger partial charge on any atom is 0.0704 e. The highest BCUT2D eigenvalue weighted by Crippen LogP contribution is 2.28. The Morgan fingerprint density at radius 2 is 1.50 bits per heavy atom. The van der Waals surface area contributed by atoms with Crippen molar-refractivity contribution in [2.45, 2.75) is 72.3 Å². The zero-order chi connectivity index (χ0) is 16.8. The zero-order valence-electron chi connectivity index (χ0n) is 16.1. The molecule has 0 aromatic rings. The van der Waals surface area contributed by atoms with Crippen molar-refractivity contribution in [3.63, 3.8) is 0 Å². The van der Waals surface area contributed by atoms with E-state index >= 15 is 0 Å². The average Bonchev–Trinajstić information content (AvgIpc) is 2.53. The summed E-state index contributed by atoms with van der Waals surface area (Å²) in [4.78, 5) is 2.32. The van der Waals surface area contributed by atoms with E-state index in [0.29, 0.717) is 12.7 Å². The van der Waals surface area contributed by atoms with E-state index < -0.39 is 0 Å². The van der Waals surface area contributed by atoms with Gasteiger partial charge in [0.25, 0.3) is 0 Å². The number of rotatable bonds is 4. The van der Waals surface area contributed by atoms with E-state index in [0.717, 1.165) is 25.0 Å². The molecule has 0 bridgehead atoms. The molecule has 0 N–H and O–H groups in total. The maximum atomic E-state index is 5.63. The van der Waals surface area contributed by atoms with Crippen LogP contribution in [-0.2, 0) is 9.47 Å². The van der Waals surface area contributed by atoms with E-state index in [2.05, 4.69) is 25.8 Å². The molecule has 0 amide bonds. The highest BCUT2D eigenvalue weighted by atomic mass is 16.5. The summed E-state index contributed by atoms with van der Waals surface area (Å²) in [5.74, 6) is 2.01. The largest absolute Gasteiger partial charge is 0.382 e. The van der Waals surface area contributed by atoms with Gasteiger partial charge in [-0.25, -0.2) is 0 Å². The molecule has 1 saturated carbocycles. The van der Waals surface area contributed by atoms with Gasteiger partial charge in [0.1, 0.15) is 0 Å². The third kappa shape index (κ3) is 10.6. The van der Waals surface area contributed by atoms with E-state index in [-0.39, 0.29) is 0 Å². The summed E-state index contributed by atoms with van der Waals surface area (Å²) in [6, 6.07) is 0. The lowest BCUT2D eigenvalue weighted by Crippen LogP contribution is -2.37. The second-order valence-electron chi connectivity index (χ2n) is 6.63. The fourth-order valence-corrected chi connectivity index (χ4v) is 3.05. The van der Waals surface area contributed by atoms with Crippen molar-refractivity contribution in [2.24, 2.45) is 11.8 Å². The van der Waals surface area contributed by atoms with Gasteiger partial charge in [0.05, 0.1) is 19.3 Å². The second-order valence-corrected chi connectivity index (χ2v) is 6.63. The lowest BCUT2D eigenvalue weighted by molar-refractivity contribution is -0.0156. The van der Waals surface area contributed by atoms with E-state index in [1.165, 1.54) is 45.1 Å². The monoisotopic (exact) mass is 315 g/mol. The van der Waals surface area contributed by atoms with Crippen LogP contribution in [0.4, 0.5) is 0 Å². The van der Waals surface area contributed by atoms with Crippen LogP contribution in [0.5, 0.6) is 0 Å². The fraction of sp³-hybridized carbons (Fsp3) is 1.00. The van der Waals surface area contributed by atoms with E-state index in [1.54, 1.807) is 7.11 Å². The minimum Gasteiger partial charge on any atom is -0.382 e. The Morgan fingerprint density at radius 3 is 1.95 bits per heavy atom. The van der Waals surface area contributed by atoms with E-state index in [4.69, 9.17) is 9.47 Å². The van der Waals surface area contributed by atoms with Crippen LogP contribution in [0.1, 0.15) is 66.2 Å². The molecule has 1 aliphatic heterocycles. The van der Waals surface area contributed by atoms with Gasteiger partial charge in [-0.1, -0.05) is 53.4 Å². The lowest BCUT2D eigenvalue weighted by atomic mass is 9.82. The molecular weight excluding hydrogens is 274 g/mol. The van der Waals surface area contributed by atoms with E-state index in [9.17, 15) is 0 Å². The van der Waals surface area contributed by atoms with Crippen molar-refractivity contribution in [3.05, 3.63) is 0 Å². The highest BCUT2D eigenvalue weighted by molar-refractivity contribution is 4.70. The van der Waals surface area contributed by atoms with Crippen molar-refractivity contribution in [1.82, 2.24) is 4.90 Å². The summed E-state index contributed by atoms with van der Waals surface area (Å²) in [6.07, 6.45) is 8.79. The number of likely N-dealkylation sites (tertiary alicyclic amines) is 1. The molecule has 2 fully saturated rings. The molecule has 3 heteroatoms. The number of ether oxygens (including phenoxy) is 2. The molecule has 1 aliphatic carbocycles. The first-order valence-corrected chi connectivity index (χ1v) is 9.42. The molecule has 134 valence electrons. The predicted octanol–water partition coefficient (Wildman–Crippen LogP) is 4.60. The lowest BCUT2D eigenvalue weighted by Gasteiger charge is -2.29. The summed E-state index contributed by atoms with van der Waals surface area (Å²) in [6.45, 7) is 12.5. The first-order chi connectivity index (χ1) is 10.6. The van der Waals surface area contributed by atoms with Gasteiger partial charge in [0, 0.05) is 13.7 Å². The summed E-state index contributed by atoms with van der Waals surface area (Å²) in [5.41, 5.74) is 0. The van der Waals surface area contributed by atoms with Crippen LogP contribution >= 0.6 is 0 Å². The van der Waals surface area contributed by atoms with Crippen LogP contribution in [0.15, 0.2) is 0 Å². The summed E-state index contributed by atoms with van der Waals surface area (Å²) >= 11 is 0. The average molecular weight is 316 g/mol. The molecule has 0 spiro atoms. The van der Waals surface area contributed by atoms with Crippen molar-refractivity contribution < 1.29 is 9.47 Å². The number of likely N-dealkylation sites (N-methyl/N-ethyl adjacent to an activating group) is 1. The zero-order valence-corrected chi connectivity index (χ0v) is 16.1. The fourth-order valence-electron chi connectivity index (χ4n) is 3.05. The standard InChI is InChI=1S/C9H19NO2.C8H16.C2H6/c1-10-5-3-4-9(8-10)12-7-6-11-2;1-7-5-3-4-6-8(7)2;1-2/h9H,3-8H2,1-2H3;7-8H,3-6H2,1-2H3;1-2H3. The quantitative estimate of drug-likeness (QED) is 0.708. The molecule has 2 aliphatic rings. The van der Waals surface area contributed by atoms with Crippen molar-refractivity contribution in [1.29, 1.82) is 0 Å². The van der Waals surface area contributed by atoms with Crippen LogP contribution < -0.4 is 0 Å². The number of nitrogens with zero attached hydrogens (tertiary/aromatic N) is 1. The molecule has 3 nitrogen and oxygen atoms in total. The predicted molar refractivity (Wildman–Crippen MR) is 96.5 cm³/mol. The highest BCUT2D eigenvalue weighted by Gasteiger charge is 2.17. The normalized spacial score (nSPS) is 28.9. The van der Waals surface area contributed by atoms with Gasteiger partial charge < -0.3 is 14.4 Å². The van der Waals surface area contributed by atoms with Crippen molar-refractivity contribution in [2.75, 3.05) is 40.5 Å². The molecule has 1 heterocycles. The SMILES string of the molecule is CC.CC1CCCCC1C.COCCOC1CCCN(C)C1. The van der Waals surface area contributed by atoms with Gasteiger partial charge in [-0.3, -0.25) is 0 Å². The Balaban J connectivity index is 0.000000382. The van der Waals surface area contributed by atoms with Gasteiger partial charge >= 0.3 is 0 Å². The number of piperidine rings is 1. The van der Waals surface area contributed by atoms with Gasteiger partial charge in [0.15, 0.2) is 0 Å². The smallest absolute Gasteiger partial charge is 0.0704 e. The Bertz CT molecular complexity index is 225. The molecule has 22 heavy (non-hydrogen) atoms. The Kier molecular flexibility index (Phi) is 14.4. The summed E-state index contributed by atoms with van der Waals surface area (Å²) < 4.78 is 10.5. The number of methoxy groups -OCH3 is 1. The van der Waals surface area contributed by atoms with Crippen LogP contribution in [0.2, 0.25) is 0 Å². The molecule has 2 rings (SSSR count). The molecule has 0 aromatic heterocycles. The minimum absolute atomic E-state index is 0.430. The third-order valence-corrected chi connectivity index (χ3v) is 4.76. The van der Waals surface area contributed by atoms with Gasteiger partial charge in [-0.05, 0) is 38.3 Å². The van der Waals surface area contributed by atoms with Crippen LogP contribution in [0.3, 0.4) is 0 Å². The Morgan fingerprint density at radius 1 is 0.909 bits per heavy atom. The van der Waals surface area contributed by atoms with Gasteiger partial charge in [-0.15, -0.1) is 0 Å². The summed E-state index contributed by atoms with van der Waals surface area (Å²) in [7, 11) is 3.85. The molecule has 0 aromatic carbocycles. The molecule has 3 unspecified atom stereocenters. The topological polar surface area (TPSA) is 21.7 Å². The van der Waals surface area contributed by atoms with Crippen molar-refractivity contribution in [3.8, 4) is 0 Å². The second kappa shape index (κ2) is 14.5.